The lowest BCUT2D eigenvalue weighted by Gasteiger charge is -2.47. The van der Waals surface area contributed by atoms with Crippen LogP contribution < -0.4 is 4.90 Å². The number of rotatable bonds is 5. The van der Waals surface area contributed by atoms with E-state index < -0.39 is 0 Å². The summed E-state index contributed by atoms with van der Waals surface area (Å²) in [6.45, 7) is 5.41. The van der Waals surface area contributed by atoms with Gasteiger partial charge in [-0.1, -0.05) is 42.5 Å². The monoisotopic (exact) mass is 392 g/mol. The molecule has 2 fully saturated rings. The van der Waals surface area contributed by atoms with Crippen molar-refractivity contribution in [1.82, 2.24) is 14.8 Å². The van der Waals surface area contributed by atoms with Gasteiger partial charge in [0.15, 0.2) is 5.82 Å². The average molecular weight is 393 g/mol. The Hall–Kier alpha value is -2.44. The van der Waals surface area contributed by atoms with Gasteiger partial charge in [0, 0.05) is 19.3 Å². The molecule has 6 nitrogen and oxygen atoms in total. The van der Waals surface area contributed by atoms with Crippen molar-refractivity contribution in [3.8, 4) is 11.4 Å². The standard InChI is InChI=1S/C23H28N4O2/c1-23(28-2)15-26(16-23)22-25-24-21(27(22)14-18-10-5-6-13-29-18)20-12-7-9-17-8-3-4-11-19(17)20/h3-4,7-9,11-12,18H,5-6,10,13-16H2,1-2H3. The Morgan fingerprint density at radius 2 is 1.93 bits per heavy atom. The molecule has 0 aliphatic carbocycles. The van der Waals surface area contributed by atoms with Crippen molar-refractivity contribution in [3.63, 3.8) is 0 Å². The molecule has 2 aliphatic heterocycles. The van der Waals surface area contributed by atoms with Crippen molar-refractivity contribution in [1.29, 1.82) is 0 Å². The zero-order chi connectivity index (χ0) is 19.8. The minimum absolute atomic E-state index is 0.113. The fraction of sp³-hybridized carbons (Fsp3) is 0.478. The highest BCUT2D eigenvalue weighted by atomic mass is 16.5. The van der Waals surface area contributed by atoms with Gasteiger partial charge in [-0.15, -0.1) is 10.2 Å². The van der Waals surface area contributed by atoms with E-state index in [-0.39, 0.29) is 11.7 Å². The smallest absolute Gasteiger partial charge is 0.227 e. The molecule has 0 spiro atoms. The zero-order valence-corrected chi connectivity index (χ0v) is 17.2. The molecule has 0 amide bonds. The van der Waals surface area contributed by atoms with Gasteiger partial charge in [0.05, 0.1) is 25.7 Å². The topological polar surface area (TPSA) is 52.4 Å². The molecule has 29 heavy (non-hydrogen) atoms. The molecule has 3 aromatic rings. The number of benzene rings is 2. The molecule has 5 rings (SSSR count). The third kappa shape index (κ3) is 3.40. The van der Waals surface area contributed by atoms with E-state index in [9.17, 15) is 0 Å². The van der Waals surface area contributed by atoms with E-state index in [1.165, 1.54) is 17.2 Å². The van der Waals surface area contributed by atoms with E-state index >= 15 is 0 Å². The van der Waals surface area contributed by atoms with Crippen LogP contribution in [0, 0.1) is 0 Å². The number of fused-ring (bicyclic) bond motifs is 1. The van der Waals surface area contributed by atoms with Gasteiger partial charge in [0.1, 0.15) is 5.60 Å². The van der Waals surface area contributed by atoms with E-state index in [1.807, 2.05) is 0 Å². The Kier molecular flexibility index (Phi) is 4.76. The summed E-state index contributed by atoms with van der Waals surface area (Å²) in [6.07, 6.45) is 3.67. The summed E-state index contributed by atoms with van der Waals surface area (Å²) >= 11 is 0. The number of aromatic nitrogens is 3. The summed E-state index contributed by atoms with van der Waals surface area (Å²) in [5.74, 6) is 1.83. The molecule has 1 aromatic heterocycles. The van der Waals surface area contributed by atoms with Gasteiger partial charge in [-0.25, -0.2) is 0 Å². The van der Waals surface area contributed by atoms with Crippen LogP contribution in [0.3, 0.4) is 0 Å². The highest BCUT2D eigenvalue weighted by molar-refractivity contribution is 5.95. The highest BCUT2D eigenvalue weighted by Crippen LogP contribution is 2.34. The summed E-state index contributed by atoms with van der Waals surface area (Å²) in [7, 11) is 1.78. The molecule has 2 aliphatic rings. The van der Waals surface area contributed by atoms with E-state index in [4.69, 9.17) is 9.47 Å². The van der Waals surface area contributed by atoms with Crippen molar-refractivity contribution >= 4 is 16.7 Å². The second kappa shape index (κ2) is 7.43. The lowest BCUT2D eigenvalue weighted by Crippen LogP contribution is -2.62. The molecule has 152 valence electrons. The van der Waals surface area contributed by atoms with Crippen LogP contribution in [-0.2, 0) is 16.0 Å². The first-order valence-corrected chi connectivity index (χ1v) is 10.5. The Bertz CT molecular complexity index is 998. The number of hydrogen-bond donors (Lipinski definition) is 0. The molecule has 1 unspecified atom stereocenters. The molecular weight excluding hydrogens is 364 g/mol. The maximum absolute atomic E-state index is 6.06. The van der Waals surface area contributed by atoms with E-state index in [0.29, 0.717) is 0 Å². The molecule has 1 atom stereocenters. The van der Waals surface area contributed by atoms with Crippen molar-refractivity contribution < 1.29 is 9.47 Å². The van der Waals surface area contributed by atoms with Crippen LogP contribution in [0.1, 0.15) is 26.2 Å². The van der Waals surface area contributed by atoms with Crippen LogP contribution in [0.2, 0.25) is 0 Å². The maximum atomic E-state index is 6.06. The molecule has 0 N–H and O–H groups in total. The molecule has 0 bridgehead atoms. The first kappa shape index (κ1) is 18.6. The van der Waals surface area contributed by atoms with Gasteiger partial charge in [-0.2, -0.15) is 0 Å². The minimum atomic E-state index is -0.113. The lowest BCUT2D eigenvalue weighted by molar-refractivity contribution is -0.0187. The summed E-state index contributed by atoms with van der Waals surface area (Å²) in [5, 5.41) is 11.7. The lowest BCUT2D eigenvalue weighted by atomic mass is 9.97. The fourth-order valence-corrected chi connectivity index (χ4v) is 4.50. The van der Waals surface area contributed by atoms with Crippen molar-refractivity contribution in [2.45, 2.75) is 44.4 Å². The Balaban J connectivity index is 1.56. The highest BCUT2D eigenvalue weighted by Gasteiger charge is 2.41. The van der Waals surface area contributed by atoms with Crippen LogP contribution in [0.5, 0.6) is 0 Å². The Morgan fingerprint density at radius 3 is 2.72 bits per heavy atom. The van der Waals surface area contributed by atoms with Gasteiger partial charge in [0.2, 0.25) is 5.95 Å². The fourth-order valence-electron chi connectivity index (χ4n) is 4.50. The SMILES string of the molecule is COC1(C)CN(c2nnc(-c3cccc4ccccc34)n2CC2CCCCO2)C1. The molecule has 2 saturated heterocycles. The number of hydrogen-bond acceptors (Lipinski definition) is 5. The van der Waals surface area contributed by atoms with E-state index in [1.54, 1.807) is 7.11 Å². The van der Waals surface area contributed by atoms with Crippen LogP contribution in [0.4, 0.5) is 5.95 Å². The first-order valence-electron chi connectivity index (χ1n) is 10.5. The van der Waals surface area contributed by atoms with E-state index in [0.717, 1.165) is 56.4 Å². The van der Waals surface area contributed by atoms with Gasteiger partial charge in [-0.05, 0) is 37.0 Å². The Morgan fingerprint density at radius 1 is 1.10 bits per heavy atom. The summed E-state index contributed by atoms with van der Waals surface area (Å²) in [5.41, 5.74) is 1.00. The molecule has 6 heteroatoms. The Labute approximate surface area is 171 Å². The first-order chi connectivity index (χ1) is 14.2. The van der Waals surface area contributed by atoms with Gasteiger partial charge in [-0.3, -0.25) is 4.57 Å². The molecule has 3 heterocycles. The third-order valence-corrected chi connectivity index (χ3v) is 6.25. The van der Waals surface area contributed by atoms with Crippen molar-refractivity contribution in [3.05, 3.63) is 42.5 Å². The maximum Gasteiger partial charge on any atom is 0.227 e. The van der Waals surface area contributed by atoms with Crippen molar-refractivity contribution in [2.75, 3.05) is 31.7 Å². The average Bonchev–Trinajstić information content (AvgIpc) is 3.14. The predicted molar refractivity (Wildman–Crippen MR) is 114 cm³/mol. The molecule has 2 aromatic carbocycles. The van der Waals surface area contributed by atoms with E-state index in [2.05, 4.69) is 69.1 Å². The number of anilines is 1. The molecular formula is C23H28N4O2. The van der Waals surface area contributed by atoms with Crippen LogP contribution in [0.25, 0.3) is 22.2 Å². The largest absolute Gasteiger partial charge is 0.376 e. The quantitative estimate of drug-likeness (QED) is 0.659. The van der Waals surface area contributed by atoms with Crippen LogP contribution >= 0.6 is 0 Å². The van der Waals surface area contributed by atoms with Gasteiger partial charge < -0.3 is 14.4 Å². The molecule has 0 radical (unpaired) electrons. The number of ether oxygens (including phenoxy) is 2. The summed E-state index contributed by atoms with van der Waals surface area (Å²) in [6, 6.07) is 14.8. The number of nitrogens with zero attached hydrogens (tertiary/aromatic N) is 4. The molecule has 0 saturated carbocycles. The zero-order valence-electron chi connectivity index (χ0n) is 17.2. The third-order valence-electron chi connectivity index (χ3n) is 6.25. The van der Waals surface area contributed by atoms with Gasteiger partial charge in [0.25, 0.3) is 0 Å². The summed E-state index contributed by atoms with van der Waals surface area (Å²) < 4.78 is 14.0. The second-order valence-corrected chi connectivity index (χ2v) is 8.46. The van der Waals surface area contributed by atoms with Crippen LogP contribution in [0.15, 0.2) is 42.5 Å². The second-order valence-electron chi connectivity index (χ2n) is 8.46. The number of methoxy groups -OCH3 is 1. The predicted octanol–water partition coefficient (Wildman–Crippen LogP) is 3.89. The van der Waals surface area contributed by atoms with Gasteiger partial charge >= 0.3 is 0 Å². The van der Waals surface area contributed by atoms with Crippen molar-refractivity contribution in [2.24, 2.45) is 0 Å². The normalized spacial score (nSPS) is 21.3. The van der Waals surface area contributed by atoms with Crippen LogP contribution in [-0.4, -0.2) is 53.3 Å². The minimum Gasteiger partial charge on any atom is -0.376 e. The summed E-state index contributed by atoms with van der Waals surface area (Å²) in [4.78, 5) is 2.26.